The lowest BCUT2D eigenvalue weighted by Crippen LogP contribution is -2.79. The molecule has 9 heteroatoms. The summed E-state index contributed by atoms with van der Waals surface area (Å²) >= 11 is 0. The molecule has 8 atom stereocenters. The molecular formula is C34H44N2O7. The van der Waals surface area contributed by atoms with E-state index in [1.54, 1.807) is 6.92 Å². The summed E-state index contributed by atoms with van der Waals surface area (Å²) < 4.78 is 0. The molecule has 1 amide bonds. The second-order valence-electron chi connectivity index (χ2n) is 14.2. The van der Waals surface area contributed by atoms with Crippen molar-refractivity contribution < 1.29 is 34.8 Å². The van der Waals surface area contributed by atoms with Crippen molar-refractivity contribution >= 4 is 23.2 Å². The number of carbonyl (C=O) groups excluding carboxylic acids is 3. The predicted octanol–water partition coefficient (Wildman–Crippen LogP) is 3.31. The molecule has 2 saturated carbocycles. The maximum Gasteiger partial charge on any atom is 0.230 e. The molecule has 2 aromatic carbocycles. The number of phenols is 1. The zero-order chi connectivity index (χ0) is 31.8. The third kappa shape index (κ3) is 4.34. The van der Waals surface area contributed by atoms with E-state index in [1.807, 2.05) is 71.0 Å². The summed E-state index contributed by atoms with van der Waals surface area (Å²) in [7, 11) is 0. The number of anilines is 1. The van der Waals surface area contributed by atoms with Crippen molar-refractivity contribution in [3.8, 4) is 5.75 Å². The Morgan fingerprint density at radius 3 is 2.28 bits per heavy atom. The number of aliphatic hydroxyl groups excluding tert-OH is 2. The fraction of sp³-hybridized carbons (Fsp3) is 0.559. The Morgan fingerprint density at radius 1 is 1.09 bits per heavy atom. The molecule has 0 heterocycles. The first-order valence-corrected chi connectivity index (χ1v) is 15.1. The number of primary amides is 1. The van der Waals surface area contributed by atoms with Crippen LogP contribution in [0.1, 0.15) is 80.9 Å². The van der Waals surface area contributed by atoms with Crippen LogP contribution in [0, 0.1) is 34.5 Å². The zero-order valence-corrected chi connectivity index (χ0v) is 25.7. The number of fused-ring (bicyclic) bond motifs is 3. The van der Waals surface area contributed by atoms with Crippen LogP contribution in [0.5, 0.6) is 5.75 Å². The van der Waals surface area contributed by atoms with Gasteiger partial charge < -0.3 is 31.5 Å². The Bertz CT molecular complexity index is 1470. The number of rotatable bonds is 6. The van der Waals surface area contributed by atoms with E-state index in [0.717, 1.165) is 11.1 Å². The molecule has 0 spiro atoms. The van der Waals surface area contributed by atoms with E-state index in [4.69, 9.17) is 5.73 Å². The van der Waals surface area contributed by atoms with Gasteiger partial charge in [0.1, 0.15) is 17.8 Å². The maximum atomic E-state index is 14.5. The summed E-state index contributed by atoms with van der Waals surface area (Å²) in [5.41, 5.74) is 3.70. The topological polar surface area (TPSA) is 170 Å². The van der Waals surface area contributed by atoms with Crippen LogP contribution in [0.15, 0.2) is 36.4 Å². The number of nitrogens with two attached hydrogens (primary N) is 1. The maximum absolute atomic E-state index is 14.5. The van der Waals surface area contributed by atoms with Gasteiger partial charge in [-0.3, -0.25) is 14.4 Å². The Hall–Kier alpha value is -3.27. The molecule has 0 aromatic heterocycles. The number of aromatic hydroxyl groups is 1. The predicted molar refractivity (Wildman–Crippen MR) is 161 cm³/mol. The Morgan fingerprint density at radius 2 is 1.72 bits per heavy atom. The van der Waals surface area contributed by atoms with Crippen LogP contribution in [0.25, 0.3) is 0 Å². The largest absolute Gasteiger partial charge is 0.505 e. The lowest BCUT2D eigenvalue weighted by Gasteiger charge is -2.66. The highest BCUT2D eigenvalue weighted by atomic mass is 16.4. The molecule has 7 N–H and O–H groups in total. The molecule has 0 bridgehead atoms. The molecule has 2 fully saturated rings. The summed E-state index contributed by atoms with van der Waals surface area (Å²) in [4.78, 5) is 40.8. The fourth-order valence-corrected chi connectivity index (χ4v) is 9.07. The highest BCUT2D eigenvalue weighted by molar-refractivity contribution is 6.09. The minimum atomic E-state index is -2.53. The van der Waals surface area contributed by atoms with Crippen molar-refractivity contribution in [1.29, 1.82) is 0 Å². The van der Waals surface area contributed by atoms with Crippen LogP contribution in [-0.2, 0) is 22.6 Å². The summed E-state index contributed by atoms with van der Waals surface area (Å²) in [6.45, 7) is 11.6. The Balaban J connectivity index is 1.67. The van der Waals surface area contributed by atoms with Gasteiger partial charge in [-0.25, -0.2) is 0 Å². The Kier molecular flexibility index (Phi) is 7.55. The van der Waals surface area contributed by atoms with E-state index in [1.165, 1.54) is 0 Å². The van der Waals surface area contributed by atoms with Gasteiger partial charge in [-0.15, -0.1) is 0 Å². The molecule has 3 aliphatic carbocycles. The van der Waals surface area contributed by atoms with Gasteiger partial charge in [0.15, 0.2) is 17.2 Å². The molecule has 9 nitrogen and oxygen atoms in total. The zero-order valence-electron chi connectivity index (χ0n) is 25.7. The lowest BCUT2D eigenvalue weighted by molar-refractivity contribution is -0.265. The molecule has 2 unspecified atom stereocenters. The number of aliphatic hydroxyl groups is 3. The standard InChI is InChI=1S/C34H44N2O7/c1-16(2)19-12-21(36-14-18-10-8-7-9-11-18)26(37)22-20(19)13-32(5)15-33(6)24(17(3)4)28(39)23(31(35)42)29(40)34(33,43)30(41)25(32)27(22)38/h7-12,16-17,23-25,28,30,36-37,39,41,43H,13-15H2,1-6H3,(H2,35,42)/t23-,24+,25-,28?,30?,32-,33-,34+/m1/s1. The number of phenolic OH excluding ortho intramolecular Hbond substituents is 1. The van der Waals surface area contributed by atoms with E-state index in [9.17, 15) is 34.8 Å². The average molecular weight is 593 g/mol. The van der Waals surface area contributed by atoms with Gasteiger partial charge in [0.25, 0.3) is 0 Å². The number of benzene rings is 2. The summed E-state index contributed by atoms with van der Waals surface area (Å²) in [5.74, 6) is -7.02. The van der Waals surface area contributed by atoms with E-state index in [-0.39, 0.29) is 29.6 Å². The fourth-order valence-electron chi connectivity index (χ4n) is 9.07. The molecule has 2 aromatic rings. The van der Waals surface area contributed by atoms with Crippen LogP contribution < -0.4 is 11.1 Å². The summed E-state index contributed by atoms with van der Waals surface area (Å²) in [5, 5.41) is 50.4. The summed E-state index contributed by atoms with van der Waals surface area (Å²) in [6.07, 6.45) is -2.94. The highest BCUT2D eigenvalue weighted by Gasteiger charge is 2.76. The van der Waals surface area contributed by atoms with Gasteiger partial charge >= 0.3 is 0 Å². The lowest BCUT2D eigenvalue weighted by atomic mass is 9.39. The van der Waals surface area contributed by atoms with Crippen molar-refractivity contribution in [3.05, 3.63) is 58.7 Å². The van der Waals surface area contributed by atoms with Gasteiger partial charge in [-0.05, 0) is 58.8 Å². The quantitative estimate of drug-likeness (QED) is 0.219. The van der Waals surface area contributed by atoms with Crippen LogP contribution in [-0.4, -0.2) is 55.7 Å². The molecule has 5 rings (SSSR count). The molecule has 0 aliphatic heterocycles. The number of Topliss-reactive ketones (excluding diaryl/α,β-unsaturated/α-hetero) is 2. The smallest absolute Gasteiger partial charge is 0.230 e. The number of ketones is 2. The SMILES string of the molecule is CC(C)c1cc(NCc2ccccc2)c(O)c2c1C[C@]1(C)C[C@]3(C)[C@@H](C(C)C)C(O)[C@@H](C(N)=O)C(=O)[C@]3(O)C(O)[C@H]1C2=O. The Labute approximate surface area is 252 Å². The number of hydrogen-bond acceptors (Lipinski definition) is 8. The van der Waals surface area contributed by atoms with Crippen LogP contribution >= 0.6 is 0 Å². The van der Waals surface area contributed by atoms with Gasteiger partial charge in [0, 0.05) is 12.0 Å². The van der Waals surface area contributed by atoms with Gasteiger partial charge in [0.2, 0.25) is 5.91 Å². The monoisotopic (exact) mass is 592 g/mol. The van der Waals surface area contributed by atoms with Gasteiger partial charge in [-0.2, -0.15) is 0 Å². The first-order valence-electron chi connectivity index (χ1n) is 15.1. The van der Waals surface area contributed by atoms with Crippen molar-refractivity contribution in [1.82, 2.24) is 0 Å². The first kappa shape index (κ1) is 31.2. The molecule has 232 valence electrons. The second kappa shape index (κ2) is 10.4. The van der Waals surface area contributed by atoms with E-state index >= 15 is 0 Å². The van der Waals surface area contributed by atoms with E-state index in [2.05, 4.69) is 5.32 Å². The van der Waals surface area contributed by atoms with Crippen molar-refractivity contribution in [2.45, 2.75) is 84.7 Å². The van der Waals surface area contributed by atoms with Crippen molar-refractivity contribution in [2.75, 3.05) is 5.32 Å². The third-order valence-corrected chi connectivity index (χ3v) is 10.8. The van der Waals surface area contributed by atoms with Crippen LogP contribution in [0.3, 0.4) is 0 Å². The molecular weight excluding hydrogens is 548 g/mol. The van der Waals surface area contributed by atoms with Crippen LogP contribution in [0.2, 0.25) is 0 Å². The number of nitrogens with one attached hydrogen (secondary N) is 1. The van der Waals surface area contributed by atoms with E-state index < -0.39 is 63.9 Å². The second-order valence-corrected chi connectivity index (χ2v) is 14.2. The van der Waals surface area contributed by atoms with Crippen LogP contribution in [0.4, 0.5) is 5.69 Å². The van der Waals surface area contributed by atoms with Gasteiger partial charge in [-0.1, -0.05) is 71.9 Å². The highest BCUT2D eigenvalue weighted by Crippen LogP contribution is 2.66. The number of hydrogen-bond donors (Lipinski definition) is 6. The van der Waals surface area contributed by atoms with E-state index in [0.29, 0.717) is 24.2 Å². The minimum absolute atomic E-state index is 0.00146. The molecule has 43 heavy (non-hydrogen) atoms. The van der Waals surface area contributed by atoms with Crippen molar-refractivity contribution in [2.24, 2.45) is 40.2 Å². The molecule has 3 aliphatic rings. The normalized spacial score (nSPS) is 35.4. The summed E-state index contributed by atoms with van der Waals surface area (Å²) in [6, 6.07) is 11.5. The molecule has 0 saturated heterocycles. The number of amides is 1. The molecule has 0 radical (unpaired) electrons. The van der Waals surface area contributed by atoms with Gasteiger partial charge in [0.05, 0.1) is 23.3 Å². The third-order valence-electron chi connectivity index (χ3n) is 10.8. The van der Waals surface area contributed by atoms with Crippen molar-refractivity contribution in [3.63, 3.8) is 0 Å². The average Bonchev–Trinajstić information content (AvgIpc) is 2.90. The number of carbonyl (C=O) groups is 3. The first-order chi connectivity index (χ1) is 20.0. The minimum Gasteiger partial charge on any atom is -0.505 e.